The first-order valence-electron chi connectivity index (χ1n) is 5.14. The standard InChI is InChI=1S/C11H6ClF4N3O/c12-10-17-5-8(13)9(19-10)18-6-1-3-7(4-2-6)20-11(14,15)16/h1-5H,(H,17,18,19). The van der Waals surface area contributed by atoms with E-state index in [4.69, 9.17) is 11.6 Å². The van der Waals surface area contributed by atoms with Gasteiger partial charge in [0.1, 0.15) is 5.75 Å². The Morgan fingerprint density at radius 2 is 1.80 bits per heavy atom. The largest absolute Gasteiger partial charge is 0.573 e. The van der Waals surface area contributed by atoms with Gasteiger partial charge in [0, 0.05) is 5.69 Å². The normalized spacial score (nSPS) is 11.2. The Labute approximate surface area is 115 Å². The van der Waals surface area contributed by atoms with Crippen LogP contribution in [0.25, 0.3) is 0 Å². The summed E-state index contributed by atoms with van der Waals surface area (Å²) in [5.41, 5.74) is 0.313. The van der Waals surface area contributed by atoms with Crippen LogP contribution in [-0.2, 0) is 0 Å². The van der Waals surface area contributed by atoms with E-state index < -0.39 is 12.2 Å². The van der Waals surface area contributed by atoms with Crippen LogP contribution < -0.4 is 10.1 Å². The predicted molar refractivity (Wildman–Crippen MR) is 63.4 cm³/mol. The van der Waals surface area contributed by atoms with Crippen LogP contribution in [0.3, 0.4) is 0 Å². The molecule has 4 nitrogen and oxygen atoms in total. The van der Waals surface area contributed by atoms with Gasteiger partial charge < -0.3 is 10.1 Å². The van der Waals surface area contributed by atoms with Crippen LogP contribution >= 0.6 is 11.6 Å². The maximum Gasteiger partial charge on any atom is 0.573 e. The summed E-state index contributed by atoms with van der Waals surface area (Å²) in [6.07, 6.45) is -3.89. The van der Waals surface area contributed by atoms with Gasteiger partial charge in [0.2, 0.25) is 5.28 Å². The van der Waals surface area contributed by atoms with Gasteiger partial charge in [0.05, 0.1) is 6.20 Å². The minimum absolute atomic E-state index is 0.161. The first-order chi connectivity index (χ1) is 9.33. The molecule has 0 saturated heterocycles. The van der Waals surface area contributed by atoms with Gasteiger partial charge in [0.15, 0.2) is 11.6 Å². The molecule has 0 aliphatic carbocycles. The number of rotatable bonds is 3. The van der Waals surface area contributed by atoms with Crippen molar-refractivity contribution in [2.24, 2.45) is 0 Å². The maximum atomic E-state index is 13.3. The van der Waals surface area contributed by atoms with Gasteiger partial charge in [-0.1, -0.05) is 0 Å². The zero-order chi connectivity index (χ0) is 14.8. The third-order valence-electron chi connectivity index (χ3n) is 2.07. The summed E-state index contributed by atoms with van der Waals surface area (Å²) in [5, 5.41) is 2.39. The fourth-order valence-corrected chi connectivity index (χ4v) is 1.44. The lowest BCUT2D eigenvalue weighted by molar-refractivity contribution is -0.274. The molecule has 0 atom stereocenters. The summed E-state index contributed by atoms with van der Waals surface area (Å²) in [7, 11) is 0. The number of nitrogens with zero attached hydrogens (tertiary/aromatic N) is 2. The van der Waals surface area contributed by atoms with Crippen molar-refractivity contribution >= 4 is 23.1 Å². The van der Waals surface area contributed by atoms with Crippen LogP contribution in [0.4, 0.5) is 29.1 Å². The Hall–Kier alpha value is -2.09. The van der Waals surface area contributed by atoms with E-state index in [1.165, 1.54) is 12.1 Å². The number of aromatic nitrogens is 2. The summed E-state index contributed by atoms with van der Waals surface area (Å²) in [4.78, 5) is 7.04. The molecule has 0 radical (unpaired) electrons. The van der Waals surface area contributed by atoms with Crippen molar-refractivity contribution in [3.63, 3.8) is 0 Å². The molecule has 0 bridgehead atoms. The Morgan fingerprint density at radius 3 is 2.40 bits per heavy atom. The van der Waals surface area contributed by atoms with Gasteiger partial charge in [-0.05, 0) is 35.9 Å². The van der Waals surface area contributed by atoms with Gasteiger partial charge in [-0.25, -0.2) is 9.37 Å². The second-order valence-electron chi connectivity index (χ2n) is 3.53. The number of ether oxygens (including phenoxy) is 1. The quantitative estimate of drug-likeness (QED) is 0.690. The molecular weight excluding hydrogens is 302 g/mol. The molecule has 1 heterocycles. The molecular formula is C11H6ClF4N3O. The molecule has 2 aromatic rings. The first-order valence-corrected chi connectivity index (χ1v) is 5.52. The predicted octanol–water partition coefficient (Wildman–Crippen LogP) is 3.91. The fraction of sp³-hybridized carbons (Fsp3) is 0.0909. The van der Waals surface area contributed by atoms with E-state index in [0.717, 1.165) is 18.3 Å². The summed E-state index contributed by atoms with van der Waals surface area (Å²) in [6.45, 7) is 0. The number of halogens is 5. The van der Waals surface area contributed by atoms with Crippen LogP contribution in [0.2, 0.25) is 5.28 Å². The second-order valence-corrected chi connectivity index (χ2v) is 3.87. The minimum atomic E-state index is -4.76. The molecule has 20 heavy (non-hydrogen) atoms. The van der Waals surface area contributed by atoms with Crippen molar-refractivity contribution in [2.75, 3.05) is 5.32 Å². The number of nitrogens with one attached hydrogen (secondary N) is 1. The summed E-state index contributed by atoms with van der Waals surface area (Å²) in [6, 6.07) is 4.71. The van der Waals surface area contributed by atoms with E-state index in [2.05, 4.69) is 20.0 Å². The van der Waals surface area contributed by atoms with Crippen LogP contribution in [-0.4, -0.2) is 16.3 Å². The number of hydrogen-bond donors (Lipinski definition) is 1. The Kier molecular flexibility index (Phi) is 3.93. The fourth-order valence-electron chi connectivity index (χ4n) is 1.31. The maximum absolute atomic E-state index is 13.3. The van der Waals surface area contributed by atoms with Gasteiger partial charge in [-0.2, -0.15) is 4.98 Å². The Morgan fingerprint density at radius 1 is 1.15 bits per heavy atom. The van der Waals surface area contributed by atoms with Crippen molar-refractivity contribution in [1.82, 2.24) is 9.97 Å². The summed E-state index contributed by atoms with van der Waals surface area (Å²) in [5.74, 6) is -1.32. The highest BCUT2D eigenvalue weighted by Crippen LogP contribution is 2.25. The van der Waals surface area contributed by atoms with Crippen LogP contribution in [0.5, 0.6) is 5.75 Å². The zero-order valence-corrected chi connectivity index (χ0v) is 10.3. The first kappa shape index (κ1) is 14.3. The third kappa shape index (κ3) is 3.95. The van der Waals surface area contributed by atoms with E-state index >= 15 is 0 Å². The lowest BCUT2D eigenvalue weighted by Gasteiger charge is -2.10. The highest BCUT2D eigenvalue weighted by Gasteiger charge is 2.30. The summed E-state index contributed by atoms with van der Waals surface area (Å²) >= 11 is 5.51. The molecule has 2 rings (SSSR count). The number of anilines is 2. The van der Waals surface area contributed by atoms with E-state index in [-0.39, 0.29) is 16.9 Å². The van der Waals surface area contributed by atoms with Gasteiger partial charge >= 0.3 is 6.36 Å². The average molecular weight is 308 g/mol. The monoisotopic (exact) mass is 307 g/mol. The Bertz CT molecular complexity index is 604. The van der Waals surface area contributed by atoms with E-state index in [1.807, 2.05) is 0 Å². The minimum Gasteiger partial charge on any atom is -0.406 e. The highest BCUT2D eigenvalue weighted by atomic mass is 35.5. The molecule has 0 spiro atoms. The van der Waals surface area contributed by atoms with E-state index in [0.29, 0.717) is 5.69 Å². The van der Waals surface area contributed by atoms with E-state index in [1.54, 1.807) is 0 Å². The van der Waals surface area contributed by atoms with Gasteiger partial charge in [-0.15, -0.1) is 13.2 Å². The molecule has 1 N–H and O–H groups in total. The smallest absolute Gasteiger partial charge is 0.406 e. The third-order valence-corrected chi connectivity index (χ3v) is 2.25. The molecule has 9 heteroatoms. The number of hydrogen-bond acceptors (Lipinski definition) is 4. The molecule has 106 valence electrons. The van der Waals surface area contributed by atoms with Crippen molar-refractivity contribution < 1.29 is 22.3 Å². The van der Waals surface area contributed by atoms with Crippen LogP contribution in [0.15, 0.2) is 30.5 Å². The van der Waals surface area contributed by atoms with Gasteiger partial charge in [0.25, 0.3) is 0 Å². The molecule has 1 aromatic heterocycles. The SMILES string of the molecule is Fc1cnc(Cl)nc1Nc1ccc(OC(F)(F)F)cc1. The molecule has 0 amide bonds. The second kappa shape index (κ2) is 5.49. The molecule has 0 aliphatic heterocycles. The molecule has 0 fully saturated rings. The van der Waals surface area contributed by atoms with Gasteiger partial charge in [-0.3, -0.25) is 0 Å². The van der Waals surface area contributed by atoms with Crippen LogP contribution in [0, 0.1) is 5.82 Å². The van der Waals surface area contributed by atoms with Crippen LogP contribution in [0.1, 0.15) is 0 Å². The average Bonchev–Trinajstić information content (AvgIpc) is 2.34. The van der Waals surface area contributed by atoms with Crippen molar-refractivity contribution in [1.29, 1.82) is 0 Å². The topological polar surface area (TPSA) is 47.0 Å². The summed E-state index contributed by atoms with van der Waals surface area (Å²) < 4.78 is 52.9. The number of benzene rings is 1. The van der Waals surface area contributed by atoms with Crippen molar-refractivity contribution in [2.45, 2.75) is 6.36 Å². The molecule has 0 saturated carbocycles. The highest BCUT2D eigenvalue weighted by molar-refractivity contribution is 6.28. The van der Waals surface area contributed by atoms with E-state index in [9.17, 15) is 17.6 Å². The number of alkyl halides is 3. The van der Waals surface area contributed by atoms with Crippen molar-refractivity contribution in [3.8, 4) is 5.75 Å². The Balaban J connectivity index is 2.13. The molecule has 0 unspecified atom stereocenters. The zero-order valence-electron chi connectivity index (χ0n) is 9.58. The lowest BCUT2D eigenvalue weighted by Crippen LogP contribution is -2.17. The molecule has 1 aromatic carbocycles. The molecule has 0 aliphatic rings. The lowest BCUT2D eigenvalue weighted by atomic mass is 10.3. The van der Waals surface area contributed by atoms with Crippen molar-refractivity contribution in [3.05, 3.63) is 41.6 Å².